The van der Waals surface area contributed by atoms with Crippen molar-refractivity contribution in [2.24, 2.45) is 0 Å². The van der Waals surface area contributed by atoms with Gasteiger partial charge >= 0.3 is 91.0 Å². The second kappa shape index (κ2) is 5.18. The Kier molecular flexibility index (Phi) is 4.17. The molecule has 0 amide bonds. The Morgan fingerprint density at radius 3 is 2.21 bits per heavy atom. The fraction of sp³-hybridized carbons (Fsp3) is 0.300. The Bertz CT molecular complexity index is 308. The van der Waals surface area contributed by atoms with Gasteiger partial charge < -0.3 is 0 Å². The van der Waals surface area contributed by atoms with E-state index in [1.165, 1.54) is 16.9 Å². The van der Waals surface area contributed by atoms with E-state index < -0.39 is 5.97 Å². The van der Waals surface area contributed by atoms with Crippen LogP contribution in [0.4, 0.5) is 0 Å². The first kappa shape index (κ1) is 11.3. The molecule has 2 atom stereocenters. The molecule has 0 aliphatic rings. The molecule has 14 heavy (non-hydrogen) atoms. The molecule has 0 saturated heterocycles. The molecule has 2 unspecified atom stereocenters. The monoisotopic (exact) mass is 256 g/mol. The van der Waals surface area contributed by atoms with E-state index in [-0.39, 0.29) is 11.3 Å². The van der Waals surface area contributed by atoms with Gasteiger partial charge in [0.15, 0.2) is 0 Å². The van der Waals surface area contributed by atoms with Crippen molar-refractivity contribution in [3.8, 4) is 0 Å². The standard InChI is InChI=1S/C10H13AsO3/c11-9(10(13)14)5-7-1-3-8(6-12)4-2-7/h1-4,9,12H,5-6,11H2,(H,13,14). The maximum atomic E-state index is 10.6. The van der Waals surface area contributed by atoms with Crippen LogP contribution in [0.25, 0.3) is 0 Å². The molecule has 1 aromatic rings. The maximum absolute atomic E-state index is 10.6. The molecule has 0 bridgehead atoms. The first-order valence-electron chi connectivity index (χ1n) is 4.30. The summed E-state index contributed by atoms with van der Waals surface area (Å²) in [5.74, 6) is -0.753. The number of rotatable bonds is 4. The Morgan fingerprint density at radius 2 is 1.79 bits per heavy atom. The van der Waals surface area contributed by atoms with Gasteiger partial charge in [-0.3, -0.25) is 0 Å². The SMILES string of the molecule is O=C(O)C([AsH2])Cc1ccc(CO)cc1. The van der Waals surface area contributed by atoms with Crippen LogP contribution >= 0.6 is 0 Å². The van der Waals surface area contributed by atoms with Gasteiger partial charge in [0.2, 0.25) is 0 Å². The summed E-state index contributed by atoms with van der Waals surface area (Å²) in [4.78, 5) is 10.6. The molecule has 0 aromatic heterocycles. The molecule has 1 rings (SSSR count). The number of carbonyl (C=O) groups is 1. The molecule has 0 saturated carbocycles. The number of aliphatic carboxylic acids is 1. The molecule has 0 fully saturated rings. The van der Waals surface area contributed by atoms with Gasteiger partial charge in [0, 0.05) is 0 Å². The van der Waals surface area contributed by atoms with Crippen molar-refractivity contribution in [3.05, 3.63) is 35.4 Å². The molecule has 76 valence electrons. The van der Waals surface area contributed by atoms with Crippen LogP contribution in [0.5, 0.6) is 0 Å². The van der Waals surface area contributed by atoms with Crippen molar-refractivity contribution in [2.45, 2.75) is 17.7 Å². The summed E-state index contributed by atoms with van der Waals surface area (Å²) in [6, 6.07) is 7.36. The molecule has 4 heteroatoms. The summed E-state index contributed by atoms with van der Waals surface area (Å²) in [5.41, 5.74) is 1.85. The summed E-state index contributed by atoms with van der Waals surface area (Å²) >= 11 is 1.22. The van der Waals surface area contributed by atoms with E-state index in [2.05, 4.69) is 0 Å². The third-order valence-corrected chi connectivity index (χ3v) is 3.07. The van der Waals surface area contributed by atoms with Gasteiger partial charge in [0.1, 0.15) is 0 Å². The minimum atomic E-state index is -0.753. The molecule has 1 aromatic carbocycles. The third kappa shape index (κ3) is 3.17. The van der Waals surface area contributed by atoms with Gasteiger partial charge in [-0.15, -0.1) is 0 Å². The molecular formula is C10H13AsO3. The average molecular weight is 256 g/mol. The number of hydrogen-bond acceptors (Lipinski definition) is 2. The number of benzene rings is 1. The summed E-state index contributed by atoms with van der Waals surface area (Å²) in [6.07, 6.45) is 0.557. The minimum absolute atomic E-state index is 0.0265. The van der Waals surface area contributed by atoms with E-state index in [1.54, 1.807) is 0 Å². The van der Waals surface area contributed by atoms with Gasteiger partial charge in [-0.05, 0) is 0 Å². The number of carboxylic acid groups (broad SMARTS) is 1. The molecule has 0 spiro atoms. The van der Waals surface area contributed by atoms with Crippen LogP contribution in [-0.2, 0) is 17.8 Å². The van der Waals surface area contributed by atoms with E-state index in [0.29, 0.717) is 6.42 Å². The van der Waals surface area contributed by atoms with E-state index in [1.807, 2.05) is 24.3 Å². The van der Waals surface area contributed by atoms with Crippen LogP contribution < -0.4 is 0 Å². The first-order chi connectivity index (χ1) is 6.63. The molecule has 0 aliphatic carbocycles. The van der Waals surface area contributed by atoms with Gasteiger partial charge in [-0.1, -0.05) is 0 Å². The van der Waals surface area contributed by atoms with Crippen molar-refractivity contribution in [1.29, 1.82) is 0 Å². The molecule has 0 heterocycles. The van der Waals surface area contributed by atoms with E-state index >= 15 is 0 Å². The zero-order chi connectivity index (χ0) is 10.6. The molecule has 0 radical (unpaired) electrons. The number of hydrogen-bond donors (Lipinski definition) is 2. The second-order valence-corrected chi connectivity index (χ2v) is 4.81. The van der Waals surface area contributed by atoms with Crippen LogP contribution in [0.3, 0.4) is 0 Å². The number of carboxylic acids is 1. The van der Waals surface area contributed by atoms with Gasteiger partial charge in [-0.25, -0.2) is 0 Å². The first-order valence-corrected chi connectivity index (χ1v) is 5.70. The summed E-state index contributed by atoms with van der Waals surface area (Å²) < 4.78 is -0.303. The summed E-state index contributed by atoms with van der Waals surface area (Å²) in [5, 5.41) is 17.5. The quantitative estimate of drug-likeness (QED) is 0.758. The van der Waals surface area contributed by atoms with Gasteiger partial charge in [0.05, 0.1) is 0 Å². The topological polar surface area (TPSA) is 57.5 Å². The molecule has 2 N–H and O–H groups in total. The predicted octanol–water partition coefficient (Wildman–Crippen LogP) is 0.228. The van der Waals surface area contributed by atoms with Gasteiger partial charge in [-0.2, -0.15) is 0 Å². The van der Waals surface area contributed by atoms with Crippen molar-refractivity contribution < 1.29 is 15.0 Å². The molecule has 3 nitrogen and oxygen atoms in total. The third-order valence-electron chi connectivity index (χ3n) is 1.98. The second-order valence-electron chi connectivity index (χ2n) is 3.12. The van der Waals surface area contributed by atoms with Crippen LogP contribution in [0, 0.1) is 0 Å². The Balaban J connectivity index is 2.64. The van der Waals surface area contributed by atoms with Crippen LogP contribution in [0.1, 0.15) is 11.1 Å². The van der Waals surface area contributed by atoms with Crippen molar-refractivity contribution in [3.63, 3.8) is 0 Å². The van der Waals surface area contributed by atoms with Crippen molar-refractivity contribution in [2.75, 3.05) is 0 Å². The Labute approximate surface area is 91.3 Å². The fourth-order valence-electron chi connectivity index (χ4n) is 1.12. The zero-order valence-electron chi connectivity index (χ0n) is 7.68. The molecule has 0 aliphatic heterocycles. The van der Waals surface area contributed by atoms with E-state index in [9.17, 15) is 4.79 Å². The van der Waals surface area contributed by atoms with Crippen LogP contribution in [-0.4, -0.2) is 33.0 Å². The van der Waals surface area contributed by atoms with Gasteiger partial charge in [0.25, 0.3) is 0 Å². The molecular weight excluding hydrogens is 243 g/mol. The van der Waals surface area contributed by atoms with E-state index in [0.717, 1.165) is 11.1 Å². The zero-order valence-corrected chi connectivity index (χ0v) is 10.1. The Morgan fingerprint density at radius 1 is 1.29 bits per heavy atom. The van der Waals surface area contributed by atoms with E-state index in [4.69, 9.17) is 10.2 Å². The van der Waals surface area contributed by atoms with Crippen molar-refractivity contribution in [1.82, 2.24) is 0 Å². The Hall–Kier alpha value is -0.792. The number of aliphatic hydroxyl groups is 1. The number of aliphatic hydroxyl groups excluding tert-OH is 1. The van der Waals surface area contributed by atoms with Crippen LogP contribution in [0.15, 0.2) is 24.3 Å². The summed E-state index contributed by atoms with van der Waals surface area (Å²) in [7, 11) is 0. The fourth-order valence-corrected chi connectivity index (χ4v) is 1.69. The predicted molar refractivity (Wildman–Crippen MR) is 56.0 cm³/mol. The summed E-state index contributed by atoms with van der Waals surface area (Å²) in [6.45, 7) is 0.0265. The normalized spacial score (nSPS) is 12.4. The average Bonchev–Trinajstić information content (AvgIpc) is 2.19. The van der Waals surface area contributed by atoms with Crippen LogP contribution in [0.2, 0.25) is 4.71 Å². The van der Waals surface area contributed by atoms with Crippen molar-refractivity contribution >= 4 is 22.8 Å².